The fourth-order valence-electron chi connectivity index (χ4n) is 2.93. The van der Waals surface area contributed by atoms with Gasteiger partial charge in [-0.2, -0.15) is 0 Å². The predicted molar refractivity (Wildman–Crippen MR) is 107 cm³/mol. The molecule has 4 aromatic heterocycles. The highest BCUT2D eigenvalue weighted by atomic mass is 32.1. The molecule has 0 aromatic carbocycles. The minimum atomic E-state index is -0.214. The van der Waals surface area contributed by atoms with Gasteiger partial charge in [0.1, 0.15) is 9.71 Å². The molecule has 0 saturated carbocycles. The zero-order valence-corrected chi connectivity index (χ0v) is 15.5. The molecule has 4 aromatic rings. The second-order valence-corrected chi connectivity index (χ2v) is 7.12. The monoisotopic (exact) mass is 375 g/mol. The quantitative estimate of drug-likeness (QED) is 0.569. The lowest BCUT2D eigenvalue weighted by Crippen LogP contribution is -2.22. The lowest BCUT2D eigenvalue weighted by Gasteiger charge is -2.06. The molecule has 0 atom stereocenters. The first-order valence-electron chi connectivity index (χ1n) is 8.40. The van der Waals surface area contributed by atoms with Crippen LogP contribution in [0.5, 0.6) is 0 Å². The van der Waals surface area contributed by atoms with Crippen LogP contribution in [0, 0.1) is 6.92 Å². The largest absolute Gasteiger partial charge is 0.397 e. The first kappa shape index (κ1) is 17.1. The van der Waals surface area contributed by atoms with Gasteiger partial charge in [0.05, 0.1) is 5.69 Å². The van der Waals surface area contributed by atoms with Crippen molar-refractivity contribution in [3.63, 3.8) is 0 Å². The minimum Gasteiger partial charge on any atom is -0.397 e. The normalized spacial score (nSPS) is 10.9. The number of carbonyl (C=O) groups is 1. The molecule has 0 aliphatic heterocycles. The maximum Gasteiger partial charge on any atom is 0.263 e. The molecule has 7 heteroatoms. The number of nitrogens with one attached hydrogen (secondary N) is 1. The van der Waals surface area contributed by atoms with E-state index in [1.807, 2.05) is 37.3 Å². The third-order valence-corrected chi connectivity index (χ3v) is 5.28. The molecule has 0 bridgehead atoms. The number of hydrogen-bond acceptors (Lipinski definition) is 6. The van der Waals surface area contributed by atoms with Crippen LogP contribution in [0.4, 0.5) is 5.69 Å². The first-order valence-corrected chi connectivity index (χ1v) is 9.22. The molecule has 1 amide bonds. The Morgan fingerprint density at radius 2 is 1.96 bits per heavy atom. The third kappa shape index (κ3) is 3.37. The van der Waals surface area contributed by atoms with E-state index in [0.717, 1.165) is 32.6 Å². The average Bonchev–Trinajstić information content (AvgIpc) is 3.03. The van der Waals surface area contributed by atoms with E-state index >= 15 is 0 Å². The van der Waals surface area contributed by atoms with Crippen LogP contribution in [0.2, 0.25) is 0 Å². The number of amides is 1. The van der Waals surface area contributed by atoms with Crippen molar-refractivity contribution in [2.24, 2.45) is 0 Å². The van der Waals surface area contributed by atoms with Gasteiger partial charge in [-0.1, -0.05) is 12.1 Å². The highest BCUT2D eigenvalue weighted by Crippen LogP contribution is 2.39. The van der Waals surface area contributed by atoms with Crippen molar-refractivity contribution in [3.8, 4) is 11.1 Å². The van der Waals surface area contributed by atoms with Crippen LogP contribution in [0.1, 0.15) is 20.9 Å². The maximum atomic E-state index is 12.7. The number of nitrogens with two attached hydrogens (primary N) is 1. The maximum absolute atomic E-state index is 12.7. The third-order valence-electron chi connectivity index (χ3n) is 4.18. The van der Waals surface area contributed by atoms with Crippen LogP contribution in [-0.4, -0.2) is 20.9 Å². The molecule has 27 heavy (non-hydrogen) atoms. The Bertz CT molecular complexity index is 1110. The predicted octanol–water partition coefficient (Wildman–Crippen LogP) is 3.57. The number of aromatic nitrogens is 3. The van der Waals surface area contributed by atoms with Gasteiger partial charge in [-0.05, 0) is 36.2 Å². The number of anilines is 1. The molecule has 134 valence electrons. The highest BCUT2D eigenvalue weighted by Gasteiger charge is 2.20. The van der Waals surface area contributed by atoms with E-state index in [9.17, 15) is 4.79 Å². The number of thiophene rings is 1. The van der Waals surface area contributed by atoms with Gasteiger partial charge < -0.3 is 11.1 Å². The van der Waals surface area contributed by atoms with Crippen molar-refractivity contribution in [2.45, 2.75) is 13.5 Å². The fraction of sp³-hybridized carbons (Fsp3) is 0.100. The number of rotatable bonds is 4. The van der Waals surface area contributed by atoms with Gasteiger partial charge in [0.15, 0.2) is 0 Å². The minimum absolute atomic E-state index is 0.214. The topological polar surface area (TPSA) is 93.8 Å². The molecule has 3 N–H and O–H groups in total. The number of nitrogens with zero attached hydrogens (tertiary/aromatic N) is 3. The first-order chi connectivity index (χ1) is 13.1. The SMILES string of the molecule is Cc1cc(-c2cccnc2)c2c(N)c(C(=O)NCc3cccnc3)sc2n1. The summed E-state index contributed by atoms with van der Waals surface area (Å²) in [6.07, 6.45) is 6.93. The second-order valence-electron chi connectivity index (χ2n) is 6.12. The van der Waals surface area contributed by atoms with Gasteiger partial charge >= 0.3 is 0 Å². The molecule has 0 radical (unpaired) electrons. The summed E-state index contributed by atoms with van der Waals surface area (Å²) in [4.78, 5) is 26.7. The number of nitrogen functional groups attached to an aromatic ring is 1. The van der Waals surface area contributed by atoms with Crippen LogP contribution in [0.3, 0.4) is 0 Å². The Kier molecular flexibility index (Phi) is 4.52. The zero-order chi connectivity index (χ0) is 18.8. The van der Waals surface area contributed by atoms with Gasteiger partial charge in [0, 0.05) is 48.0 Å². The molecule has 0 fully saturated rings. The van der Waals surface area contributed by atoms with Crippen molar-refractivity contribution >= 4 is 33.1 Å². The van der Waals surface area contributed by atoms with E-state index in [1.165, 1.54) is 11.3 Å². The van der Waals surface area contributed by atoms with Gasteiger partial charge in [0.2, 0.25) is 0 Å². The average molecular weight is 375 g/mol. The van der Waals surface area contributed by atoms with Crippen molar-refractivity contribution in [3.05, 3.63) is 71.3 Å². The summed E-state index contributed by atoms with van der Waals surface area (Å²) in [5.41, 5.74) is 10.5. The van der Waals surface area contributed by atoms with Crippen molar-refractivity contribution in [1.29, 1.82) is 0 Å². The standard InChI is InChI=1S/C20H17N5OS/c1-12-8-15(14-5-3-7-23-11-14)16-17(21)18(27-20(16)25-12)19(26)24-10-13-4-2-6-22-9-13/h2-9,11H,10,21H2,1H3,(H,24,26). The molecule has 0 spiro atoms. The van der Waals surface area contributed by atoms with Gasteiger partial charge in [-0.15, -0.1) is 11.3 Å². The van der Waals surface area contributed by atoms with Gasteiger partial charge in [0.25, 0.3) is 5.91 Å². The summed E-state index contributed by atoms with van der Waals surface area (Å²) in [5, 5.41) is 3.70. The van der Waals surface area contributed by atoms with Crippen molar-refractivity contribution < 1.29 is 4.79 Å². The van der Waals surface area contributed by atoms with Gasteiger partial charge in [-0.3, -0.25) is 14.8 Å². The van der Waals surface area contributed by atoms with Gasteiger partial charge in [-0.25, -0.2) is 4.98 Å². The van der Waals surface area contributed by atoms with E-state index in [-0.39, 0.29) is 5.91 Å². The Labute approximate surface area is 160 Å². The van der Waals surface area contributed by atoms with E-state index in [2.05, 4.69) is 20.3 Å². The molecular weight excluding hydrogens is 358 g/mol. The van der Waals surface area contributed by atoms with Crippen LogP contribution < -0.4 is 11.1 Å². The summed E-state index contributed by atoms with van der Waals surface area (Å²) in [6, 6.07) is 9.57. The molecular formula is C20H17N5OS. The van der Waals surface area contributed by atoms with Crippen LogP contribution in [0.15, 0.2) is 55.1 Å². The van der Waals surface area contributed by atoms with Crippen molar-refractivity contribution in [1.82, 2.24) is 20.3 Å². The van der Waals surface area contributed by atoms with Crippen LogP contribution in [0.25, 0.3) is 21.3 Å². The number of aryl methyl sites for hydroxylation is 1. The van der Waals surface area contributed by atoms with Crippen LogP contribution >= 0.6 is 11.3 Å². The Balaban J connectivity index is 1.73. The molecule has 0 unspecified atom stereocenters. The highest BCUT2D eigenvalue weighted by molar-refractivity contribution is 7.21. The number of hydrogen-bond donors (Lipinski definition) is 2. The number of pyridine rings is 3. The molecule has 4 heterocycles. The van der Waals surface area contributed by atoms with Crippen molar-refractivity contribution in [2.75, 3.05) is 5.73 Å². The smallest absolute Gasteiger partial charge is 0.263 e. The lowest BCUT2D eigenvalue weighted by atomic mass is 10.0. The van der Waals surface area contributed by atoms with E-state index in [4.69, 9.17) is 5.73 Å². The Morgan fingerprint density at radius 1 is 1.19 bits per heavy atom. The number of fused-ring (bicyclic) bond motifs is 1. The second kappa shape index (κ2) is 7.13. The zero-order valence-electron chi connectivity index (χ0n) is 14.6. The Hall–Kier alpha value is -3.32. The lowest BCUT2D eigenvalue weighted by molar-refractivity contribution is 0.0956. The fourth-order valence-corrected chi connectivity index (χ4v) is 4.01. The molecule has 0 aliphatic rings. The molecule has 0 aliphatic carbocycles. The summed E-state index contributed by atoms with van der Waals surface area (Å²) >= 11 is 1.31. The summed E-state index contributed by atoms with van der Waals surface area (Å²) < 4.78 is 0. The van der Waals surface area contributed by atoms with E-state index in [1.54, 1.807) is 24.8 Å². The molecule has 0 saturated heterocycles. The summed E-state index contributed by atoms with van der Waals surface area (Å²) in [6.45, 7) is 2.32. The number of carbonyl (C=O) groups excluding carboxylic acids is 1. The van der Waals surface area contributed by atoms with E-state index < -0.39 is 0 Å². The summed E-state index contributed by atoms with van der Waals surface area (Å²) in [5.74, 6) is -0.214. The molecule has 6 nitrogen and oxygen atoms in total. The molecule has 4 rings (SSSR count). The summed E-state index contributed by atoms with van der Waals surface area (Å²) in [7, 11) is 0. The Morgan fingerprint density at radius 3 is 2.67 bits per heavy atom. The van der Waals surface area contributed by atoms with E-state index in [0.29, 0.717) is 17.1 Å². The van der Waals surface area contributed by atoms with Crippen LogP contribution in [-0.2, 0) is 6.54 Å².